The van der Waals surface area contributed by atoms with Crippen molar-refractivity contribution in [1.82, 2.24) is 4.98 Å². The van der Waals surface area contributed by atoms with Crippen molar-refractivity contribution in [2.75, 3.05) is 30.6 Å². The third kappa shape index (κ3) is 6.73. The Morgan fingerprint density at radius 2 is 1.90 bits per heavy atom. The second-order valence-corrected chi connectivity index (χ2v) is 8.68. The minimum atomic E-state index is -0.179. The molecule has 0 bridgehead atoms. The van der Waals surface area contributed by atoms with E-state index < -0.39 is 0 Å². The molecule has 1 heterocycles. The first-order valence-electron chi connectivity index (χ1n) is 9.42. The lowest BCUT2D eigenvalue weighted by atomic mass is 10.2. The number of hydrogen-bond acceptors (Lipinski definition) is 7. The fourth-order valence-electron chi connectivity index (χ4n) is 2.74. The Kier molecular flexibility index (Phi) is 7.91. The van der Waals surface area contributed by atoms with Crippen LogP contribution in [0, 0.1) is 6.92 Å². The second-order valence-electron chi connectivity index (χ2n) is 6.60. The van der Waals surface area contributed by atoms with Gasteiger partial charge in [-0.1, -0.05) is 23.9 Å². The topological polar surface area (TPSA) is 89.5 Å². The smallest absolute Gasteiger partial charge is 0.234 e. The highest BCUT2D eigenvalue weighted by Gasteiger charge is 2.12. The summed E-state index contributed by atoms with van der Waals surface area (Å²) in [5, 5.41) is 7.52. The van der Waals surface area contributed by atoms with E-state index in [1.54, 1.807) is 26.4 Å². The normalized spacial score (nSPS) is 10.4. The van der Waals surface area contributed by atoms with Gasteiger partial charge in [0.25, 0.3) is 0 Å². The number of thioether (sulfide) groups is 1. The quantitative estimate of drug-likeness (QED) is 0.464. The number of aromatic nitrogens is 1. The van der Waals surface area contributed by atoms with Gasteiger partial charge in [-0.2, -0.15) is 0 Å². The molecule has 9 heteroatoms. The summed E-state index contributed by atoms with van der Waals surface area (Å²) < 4.78 is 11.2. The molecule has 2 N–H and O–H groups in total. The number of ether oxygens (including phenoxy) is 2. The van der Waals surface area contributed by atoms with E-state index in [0.717, 1.165) is 9.90 Å². The fourth-order valence-corrected chi connectivity index (χ4v) is 4.38. The van der Waals surface area contributed by atoms with Gasteiger partial charge in [0, 0.05) is 17.1 Å². The number of rotatable bonds is 9. The van der Waals surface area contributed by atoms with Crippen LogP contribution in [0.25, 0.3) is 0 Å². The minimum Gasteiger partial charge on any atom is -0.497 e. The van der Waals surface area contributed by atoms with Crippen LogP contribution in [0.3, 0.4) is 0 Å². The molecule has 0 saturated heterocycles. The molecule has 0 fully saturated rings. The zero-order chi connectivity index (χ0) is 22.2. The SMILES string of the molecule is COc1cccc(NC(=O)CSc2nc(CC(=O)Nc3cc(C)ccc3OC)cs2)c1. The molecule has 0 aliphatic carbocycles. The zero-order valence-electron chi connectivity index (χ0n) is 17.4. The Hall–Kier alpha value is -3.04. The predicted octanol–water partition coefficient (Wildman–Crippen LogP) is 4.38. The van der Waals surface area contributed by atoms with Crippen LogP contribution in [0.2, 0.25) is 0 Å². The highest BCUT2D eigenvalue weighted by molar-refractivity contribution is 8.01. The van der Waals surface area contributed by atoms with E-state index in [9.17, 15) is 9.59 Å². The summed E-state index contributed by atoms with van der Waals surface area (Å²) in [6.07, 6.45) is 0.143. The molecule has 3 aromatic rings. The standard InChI is InChI=1S/C22H23N3O4S2/c1-14-7-8-19(29-3)18(9-14)25-20(26)11-16-12-30-22(24-16)31-13-21(27)23-15-5-4-6-17(10-15)28-2/h4-10,12H,11,13H2,1-3H3,(H,23,27)(H,25,26). The Balaban J connectivity index is 1.50. The summed E-state index contributed by atoms with van der Waals surface area (Å²) in [7, 11) is 3.14. The molecule has 2 aromatic carbocycles. The molecule has 7 nitrogen and oxygen atoms in total. The highest BCUT2D eigenvalue weighted by atomic mass is 32.2. The number of aryl methyl sites for hydroxylation is 1. The van der Waals surface area contributed by atoms with Crippen LogP contribution >= 0.6 is 23.1 Å². The molecular weight excluding hydrogens is 434 g/mol. The van der Waals surface area contributed by atoms with Crippen molar-refractivity contribution in [2.45, 2.75) is 17.7 Å². The maximum Gasteiger partial charge on any atom is 0.234 e. The second kappa shape index (κ2) is 10.8. The molecular formula is C22H23N3O4S2. The van der Waals surface area contributed by atoms with Gasteiger partial charge in [0.05, 0.1) is 37.8 Å². The number of hydrogen-bond donors (Lipinski definition) is 2. The molecule has 0 radical (unpaired) electrons. The molecule has 0 saturated carbocycles. The van der Waals surface area contributed by atoms with Crippen LogP contribution in [0.1, 0.15) is 11.3 Å². The molecule has 2 amide bonds. The first-order valence-corrected chi connectivity index (χ1v) is 11.3. The van der Waals surface area contributed by atoms with Crippen LogP contribution < -0.4 is 20.1 Å². The maximum atomic E-state index is 12.4. The predicted molar refractivity (Wildman–Crippen MR) is 125 cm³/mol. The lowest BCUT2D eigenvalue weighted by molar-refractivity contribution is -0.116. The van der Waals surface area contributed by atoms with E-state index in [0.29, 0.717) is 28.6 Å². The molecule has 1 aromatic heterocycles. The number of nitrogens with one attached hydrogen (secondary N) is 2. The van der Waals surface area contributed by atoms with Gasteiger partial charge in [0.2, 0.25) is 11.8 Å². The van der Waals surface area contributed by atoms with E-state index in [4.69, 9.17) is 9.47 Å². The Labute approximate surface area is 189 Å². The van der Waals surface area contributed by atoms with Crippen LogP contribution in [-0.4, -0.2) is 36.8 Å². The van der Waals surface area contributed by atoms with Crippen molar-refractivity contribution in [1.29, 1.82) is 0 Å². The minimum absolute atomic E-state index is 0.140. The highest BCUT2D eigenvalue weighted by Crippen LogP contribution is 2.26. The maximum absolute atomic E-state index is 12.4. The molecule has 31 heavy (non-hydrogen) atoms. The van der Waals surface area contributed by atoms with Gasteiger partial charge in [-0.15, -0.1) is 11.3 Å². The van der Waals surface area contributed by atoms with Crippen molar-refractivity contribution in [3.63, 3.8) is 0 Å². The van der Waals surface area contributed by atoms with Crippen molar-refractivity contribution < 1.29 is 19.1 Å². The van der Waals surface area contributed by atoms with E-state index in [-0.39, 0.29) is 24.0 Å². The monoisotopic (exact) mass is 457 g/mol. The molecule has 0 atom stereocenters. The van der Waals surface area contributed by atoms with Crippen LogP contribution in [0.5, 0.6) is 11.5 Å². The van der Waals surface area contributed by atoms with Gasteiger partial charge in [0.1, 0.15) is 11.5 Å². The molecule has 0 unspecified atom stereocenters. The van der Waals surface area contributed by atoms with Gasteiger partial charge >= 0.3 is 0 Å². The third-order valence-corrected chi connectivity index (χ3v) is 6.25. The number of amides is 2. The van der Waals surface area contributed by atoms with E-state index in [1.807, 2.05) is 42.6 Å². The number of benzene rings is 2. The first-order chi connectivity index (χ1) is 15.0. The molecule has 162 valence electrons. The van der Waals surface area contributed by atoms with Crippen molar-refractivity contribution in [3.8, 4) is 11.5 Å². The number of anilines is 2. The Morgan fingerprint density at radius 3 is 2.68 bits per heavy atom. The van der Waals surface area contributed by atoms with Gasteiger partial charge < -0.3 is 20.1 Å². The number of thiazole rings is 1. The lowest BCUT2D eigenvalue weighted by Gasteiger charge is -2.10. The average Bonchev–Trinajstić information content (AvgIpc) is 3.19. The van der Waals surface area contributed by atoms with Gasteiger partial charge in [0.15, 0.2) is 4.34 Å². The van der Waals surface area contributed by atoms with Crippen LogP contribution in [0.4, 0.5) is 11.4 Å². The fraction of sp³-hybridized carbons (Fsp3) is 0.227. The summed E-state index contributed by atoms with van der Waals surface area (Å²) in [6, 6.07) is 12.8. The summed E-state index contributed by atoms with van der Waals surface area (Å²) in [5.41, 5.74) is 2.99. The zero-order valence-corrected chi connectivity index (χ0v) is 19.1. The number of carbonyl (C=O) groups is 2. The van der Waals surface area contributed by atoms with Gasteiger partial charge in [-0.3, -0.25) is 9.59 Å². The lowest BCUT2D eigenvalue weighted by Crippen LogP contribution is -2.15. The van der Waals surface area contributed by atoms with Gasteiger partial charge in [-0.05, 0) is 36.8 Å². The summed E-state index contributed by atoms with van der Waals surface area (Å²) >= 11 is 2.74. The van der Waals surface area contributed by atoms with E-state index in [2.05, 4.69) is 15.6 Å². The van der Waals surface area contributed by atoms with Crippen molar-refractivity contribution in [2.24, 2.45) is 0 Å². The van der Waals surface area contributed by atoms with Crippen molar-refractivity contribution in [3.05, 3.63) is 59.1 Å². The number of carbonyl (C=O) groups excluding carboxylic acids is 2. The number of nitrogens with zero attached hydrogens (tertiary/aromatic N) is 1. The van der Waals surface area contributed by atoms with Crippen LogP contribution in [0.15, 0.2) is 52.2 Å². The summed E-state index contributed by atoms with van der Waals surface area (Å²) in [5.74, 6) is 1.18. The van der Waals surface area contributed by atoms with Gasteiger partial charge in [-0.25, -0.2) is 4.98 Å². The molecule has 0 spiro atoms. The molecule has 0 aliphatic heterocycles. The number of methoxy groups -OCH3 is 2. The van der Waals surface area contributed by atoms with Crippen LogP contribution in [-0.2, 0) is 16.0 Å². The van der Waals surface area contributed by atoms with E-state index in [1.165, 1.54) is 23.1 Å². The third-order valence-electron chi connectivity index (χ3n) is 4.18. The molecule has 3 rings (SSSR count). The van der Waals surface area contributed by atoms with E-state index >= 15 is 0 Å². The Morgan fingerprint density at radius 1 is 1.06 bits per heavy atom. The summed E-state index contributed by atoms with van der Waals surface area (Å²) in [4.78, 5) is 29.0. The Bertz CT molecular complexity index is 1070. The summed E-state index contributed by atoms with van der Waals surface area (Å²) in [6.45, 7) is 1.95. The average molecular weight is 458 g/mol. The largest absolute Gasteiger partial charge is 0.497 e. The van der Waals surface area contributed by atoms with Crippen molar-refractivity contribution >= 4 is 46.3 Å². The molecule has 0 aliphatic rings. The first kappa shape index (κ1) is 22.6.